The van der Waals surface area contributed by atoms with Crippen LogP contribution in [0.2, 0.25) is 0 Å². The summed E-state index contributed by atoms with van der Waals surface area (Å²) in [4.78, 5) is 23.7. The summed E-state index contributed by atoms with van der Waals surface area (Å²) in [5.74, 6) is 0. The van der Waals surface area contributed by atoms with Gasteiger partial charge in [-0.3, -0.25) is 5.10 Å². The molecule has 0 aromatic carbocycles. The van der Waals surface area contributed by atoms with Gasteiger partial charge >= 0.3 is 12.2 Å². The van der Waals surface area contributed by atoms with Crippen LogP contribution in [0.25, 0.3) is 0 Å². The number of alkyl carbamates (subject to hydrolysis) is 2. The number of carbonyl (C=O) groups is 2. The van der Waals surface area contributed by atoms with E-state index < -0.39 is 23.4 Å². The molecule has 0 atom stereocenters. The Morgan fingerprint density at radius 1 is 1.12 bits per heavy atom. The van der Waals surface area contributed by atoms with Crippen LogP contribution in [0.3, 0.4) is 0 Å². The van der Waals surface area contributed by atoms with Gasteiger partial charge in [-0.05, 0) is 53.8 Å². The molecule has 148 valence electrons. The molecule has 0 unspecified atom stereocenters. The zero-order valence-electron chi connectivity index (χ0n) is 15.8. The molecule has 0 saturated heterocycles. The molecule has 3 N–H and O–H groups in total. The first-order valence-corrected chi connectivity index (χ1v) is 10.1. The summed E-state index contributed by atoms with van der Waals surface area (Å²) in [6.07, 6.45) is -1.04. The molecule has 0 saturated carbocycles. The summed E-state index contributed by atoms with van der Waals surface area (Å²) < 4.78 is 11.7. The van der Waals surface area contributed by atoms with E-state index in [1.807, 2.05) is 0 Å². The predicted octanol–water partition coefficient (Wildman–Crippen LogP) is 3.71. The second-order valence-corrected chi connectivity index (χ2v) is 10.6. The lowest BCUT2D eigenvalue weighted by Gasteiger charge is -2.23. The van der Waals surface area contributed by atoms with Gasteiger partial charge in [-0.2, -0.15) is 5.10 Å². The molecule has 2 amide bonds. The maximum atomic E-state index is 11.9. The van der Waals surface area contributed by atoms with Crippen molar-refractivity contribution in [2.45, 2.75) is 62.3 Å². The summed E-state index contributed by atoms with van der Waals surface area (Å²) in [6.45, 7) is 11.3. The molecular weight excluding hydrogens is 396 g/mol. The van der Waals surface area contributed by atoms with Crippen molar-refractivity contribution < 1.29 is 19.1 Å². The van der Waals surface area contributed by atoms with Gasteiger partial charge in [-0.25, -0.2) is 9.59 Å². The third-order valence-electron chi connectivity index (χ3n) is 2.43. The van der Waals surface area contributed by atoms with E-state index in [0.717, 1.165) is 4.34 Å². The summed E-state index contributed by atoms with van der Waals surface area (Å²) in [5, 5.41) is 12.0. The number of nitrogens with zero attached hydrogens (tertiary/aromatic N) is 1. The SMILES string of the molecule is CC(C)(C)OC(=O)NCC(CNC(=O)OC(C)(C)C)Sc1n[nH]c(=S)s1. The maximum absolute atomic E-state index is 11.9. The molecule has 0 fully saturated rings. The minimum Gasteiger partial charge on any atom is -0.444 e. The van der Waals surface area contributed by atoms with E-state index in [1.165, 1.54) is 23.1 Å². The Labute approximate surface area is 166 Å². The Kier molecular flexibility index (Phi) is 8.35. The van der Waals surface area contributed by atoms with Crippen LogP contribution >= 0.6 is 35.3 Å². The molecule has 0 aliphatic rings. The molecule has 0 spiro atoms. The highest BCUT2D eigenvalue weighted by atomic mass is 32.2. The van der Waals surface area contributed by atoms with Crippen molar-refractivity contribution in [2.75, 3.05) is 13.1 Å². The average Bonchev–Trinajstić information content (AvgIpc) is 2.83. The molecule has 0 aliphatic heterocycles. The molecule has 11 heteroatoms. The molecule has 0 radical (unpaired) electrons. The number of aromatic amines is 1. The third-order valence-corrected chi connectivity index (χ3v) is 4.81. The minimum atomic E-state index is -0.580. The fourth-order valence-corrected chi connectivity index (χ4v) is 3.94. The topological polar surface area (TPSA) is 105 Å². The monoisotopic (exact) mass is 422 g/mol. The highest BCUT2D eigenvalue weighted by Gasteiger charge is 2.21. The van der Waals surface area contributed by atoms with Crippen molar-refractivity contribution >= 4 is 47.5 Å². The number of ether oxygens (including phenoxy) is 2. The number of hydrogen-bond acceptors (Lipinski definition) is 8. The summed E-state index contributed by atoms with van der Waals surface area (Å²) in [5.41, 5.74) is -1.16. The third kappa shape index (κ3) is 10.6. The van der Waals surface area contributed by atoms with Gasteiger partial charge in [0.2, 0.25) is 0 Å². The number of amides is 2. The van der Waals surface area contributed by atoms with E-state index in [9.17, 15) is 9.59 Å². The van der Waals surface area contributed by atoms with Gasteiger partial charge in [0.05, 0.1) is 0 Å². The normalized spacial score (nSPS) is 12.0. The Balaban J connectivity index is 2.62. The van der Waals surface area contributed by atoms with Crippen LogP contribution in [0.5, 0.6) is 0 Å². The lowest BCUT2D eigenvalue weighted by Crippen LogP contribution is -2.41. The molecule has 8 nitrogen and oxygen atoms in total. The molecule has 0 aliphatic carbocycles. The van der Waals surface area contributed by atoms with E-state index in [2.05, 4.69) is 20.8 Å². The van der Waals surface area contributed by atoms with Gasteiger partial charge in [0.15, 0.2) is 8.29 Å². The molecule has 1 heterocycles. The molecule has 26 heavy (non-hydrogen) atoms. The second-order valence-electron chi connectivity index (χ2n) is 7.38. The van der Waals surface area contributed by atoms with Gasteiger partial charge in [0.1, 0.15) is 11.2 Å². The lowest BCUT2D eigenvalue weighted by molar-refractivity contribution is 0.0526. The number of aromatic nitrogens is 2. The van der Waals surface area contributed by atoms with Crippen molar-refractivity contribution in [2.24, 2.45) is 0 Å². The maximum Gasteiger partial charge on any atom is 0.407 e. The first-order valence-electron chi connectivity index (χ1n) is 8.00. The molecule has 0 bridgehead atoms. The Morgan fingerprint density at radius 3 is 1.92 bits per heavy atom. The summed E-state index contributed by atoms with van der Waals surface area (Å²) in [6, 6.07) is 0. The molecule has 1 aromatic rings. The number of hydrogen-bond donors (Lipinski definition) is 3. The number of rotatable bonds is 6. The zero-order chi connectivity index (χ0) is 20.0. The summed E-state index contributed by atoms with van der Waals surface area (Å²) in [7, 11) is 0. The van der Waals surface area contributed by atoms with Gasteiger partial charge in [0.25, 0.3) is 0 Å². The Bertz CT molecular complexity index is 629. The average molecular weight is 423 g/mol. The van der Waals surface area contributed by atoms with Crippen LogP contribution < -0.4 is 10.6 Å². The number of nitrogens with one attached hydrogen (secondary N) is 3. The van der Waals surface area contributed by atoms with Crippen molar-refractivity contribution in [3.05, 3.63) is 3.95 Å². The van der Waals surface area contributed by atoms with Gasteiger partial charge in [-0.1, -0.05) is 23.1 Å². The van der Waals surface area contributed by atoms with Crippen LogP contribution in [0.1, 0.15) is 41.5 Å². The van der Waals surface area contributed by atoms with Crippen molar-refractivity contribution in [3.63, 3.8) is 0 Å². The summed E-state index contributed by atoms with van der Waals surface area (Å²) >= 11 is 7.75. The fourth-order valence-electron chi connectivity index (χ4n) is 1.59. The van der Waals surface area contributed by atoms with Crippen LogP contribution in [-0.4, -0.2) is 51.9 Å². The highest BCUT2D eigenvalue weighted by Crippen LogP contribution is 2.25. The largest absolute Gasteiger partial charge is 0.444 e. The van der Waals surface area contributed by atoms with Crippen LogP contribution in [0.15, 0.2) is 4.34 Å². The van der Waals surface area contributed by atoms with Gasteiger partial charge in [-0.15, -0.1) is 0 Å². The van der Waals surface area contributed by atoms with E-state index in [1.54, 1.807) is 41.5 Å². The second kappa shape index (κ2) is 9.56. The van der Waals surface area contributed by atoms with Crippen LogP contribution in [-0.2, 0) is 9.47 Å². The van der Waals surface area contributed by atoms with Crippen LogP contribution in [0, 0.1) is 3.95 Å². The quantitative estimate of drug-likeness (QED) is 0.474. The number of thioether (sulfide) groups is 1. The minimum absolute atomic E-state index is 0.177. The smallest absolute Gasteiger partial charge is 0.407 e. The van der Waals surface area contributed by atoms with E-state index in [0.29, 0.717) is 3.95 Å². The first kappa shape index (κ1) is 22.7. The predicted molar refractivity (Wildman–Crippen MR) is 105 cm³/mol. The molecule has 1 rings (SSSR count). The zero-order valence-corrected chi connectivity index (χ0v) is 18.2. The lowest BCUT2D eigenvalue weighted by atomic mass is 10.2. The van der Waals surface area contributed by atoms with Gasteiger partial charge < -0.3 is 20.1 Å². The van der Waals surface area contributed by atoms with E-state index in [-0.39, 0.29) is 18.3 Å². The Morgan fingerprint density at radius 2 is 1.58 bits per heavy atom. The fraction of sp³-hybridized carbons (Fsp3) is 0.733. The van der Waals surface area contributed by atoms with E-state index >= 15 is 0 Å². The highest BCUT2D eigenvalue weighted by molar-refractivity contribution is 8.01. The molecular formula is C15H26N4O4S3. The van der Waals surface area contributed by atoms with Gasteiger partial charge in [0, 0.05) is 18.3 Å². The standard InChI is InChI=1S/C15H26N4O4S3/c1-14(2,3)22-10(20)16-7-9(25-13-19-18-12(24)26-13)8-17-11(21)23-15(4,5)6/h9H,7-8H2,1-6H3,(H,16,20)(H,17,21)(H,18,24). The first-order chi connectivity index (χ1) is 11.8. The van der Waals surface area contributed by atoms with Crippen LogP contribution in [0.4, 0.5) is 9.59 Å². The Hall–Kier alpha value is -1.33. The van der Waals surface area contributed by atoms with E-state index in [4.69, 9.17) is 21.7 Å². The number of carbonyl (C=O) groups excluding carboxylic acids is 2. The molecule has 1 aromatic heterocycles. The van der Waals surface area contributed by atoms with Crippen molar-refractivity contribution in [1.82, 2.24) is 20.8 Å². The number of H-pyrrole nitrogens is 1. The van der Waals surface area contributed by atoms with Crippen molar-refractivity contribution in [3.8, 4) is 0 Å². The van der Waals surface area contributed by atoms with Crippen molar-refractivity contribution in [1.29, 1.82) is 0 Å².